The zero-order valence-electron chi connectivity index (χ0n) is 9.36. The second-order valence-electron chi connectivity index (χ2n) is 3.60. The topological polar surface area (TPSA) is 89.2 Å². The maximum atomic E-state index is 9.21. The molecule has 0 aliphatic heterocycles. The molecule has 0 aliphatic rings. The highest BCUT2D eigenvalue weighted by molar-refractivity contribution is 5.59. The van der Waals surface area contributed by atoms with Crippen molar-refractivity contribution in [2.24, 2.45) is 0 Å². The number of rotatable bonds is 4. The van der Waals surface area contributed by atoms with Gasteiger partial charge in [0.05, 0.1) is 29.7 Å². The van der Waals surface area contributed by atoms with Crippen LogP contribution in [0, 0.1) is 25.2 Å². The van der Waals surface area contributed by atoms with Gasteiger partial charge in [-0.3, -0.25) is 4.98 Å². The van der Waals surface area contributed by atoms with Gasteiger partial charge in [-0.2, -0.15) is 5.26 Å². The van der Waals surface area contributed by atoms with Crippen LogP contribution in [0.2, 0.25) is 0 Å². The Kier molecular flexibility index (Phi) is 4.23. The molecule has 0 amide bonds. The molecule has 0 radical (unpaired) electrons. The van der Waals surface area contributed by atoms with Crippen molar-refractivity contribution >= 4 is 5.69 Å². The Hall–Kier alpha value is -1.64. The van der Waals surface area contributed by atoms with Crippen molar-refractivity contribution in [3.8, 4) is 6.07 Å². The van der Waals surface area contributed by atoms with Crippen molar-refractivity contribution in [3.63, 3.8) is 0 Å². The maximum Gasteiger partial charge on any atom is 0.103 e. The summed E-state index contributed by atoms with van der Waals surface area (Å²) in [4.78, 5) is 4.18. The van der Waals surface area contributed by atoms with E-state index in [9.17, 15) is 5.11 Å². The van der Waals surface area contributed by atoms with E-state index in [0.717, 1.165) is 5.69 Å². The number of hydrogen-bond acceptors (Lipinski definition) is 5. The third-order valence-electron chi connectivity index (χ3n) is 2.18. The highest BCUT2D eigenvalue weighted by Crippen LogP contribution is 2.18. The Bertz CT molecular complexity index is 412. The number of pyridine rings is 1. The lowest BCUT2D eigenvalue weighted by Gasteiger charge is -2.13. The maximum absolute atomic E-state index is 9.21. The van der Waals surface area contributed by atoms with Gasteiger partial charge in [-0.1, -0.05) is 0 Å². The van der Waals surface area contributed by atoms with Crippen LogP contribution in [0.3, 0.4) is 0 Å². The first-order valence-electron chi connectivity index (χ1n) is 4.99. The second kappa shape index (κ2) is 5.45. The van der Waals surface area contributed by atoms with Crippen LogP contribution >= 0.6 is 0 Å². The summed E-state index contributed by atoms with van der Waals surface area (Å²) in [5, 5.41) is 29.8. The number of nitriles is 1. The number of aromatic nitrogens is 1. The Morgan fingerprint density at radius 3 is 2.81 bits per heavy atom. The van der Waals surface area contributed by atoms with Crippen LogP contribution in [-0.2, 0) is 0 Å². The lowest BCUT2D eigenvalue weighted by atomic mass is 10.1. The first-order chi connectivity index (χ1) is 7.58. The fraction of sp³-hybridized carbons (Fsp3) is 0.455. The molecule has 1 heterocycles. The highest BCUT2D eigenvalue weighted by atomic mass is 16.3. The SMILES string of the molecule is Cc1cc(NCC(O)CO)c(C#N)c(C)n1. The summed E-state index contributed by atoms with van der Waals surface area (Å²) in [5.41, 5.74) is 2.57. The summed E-state index contributed by atoms with van der Waals surface area (Å²) >= 11 is 0. The van der Waals surface area contributed by atoms with E-state index >= 15 is 0 Å². The second-order valence-corrected chi connectivity index (χ2v) is 3.60. The van der Waals surface area contributed by atoms with Gasteiger partial charge in [0.1, 0.15) is 6.07 Å². The molecule has 0 spiro atoms. The molecular formula is C11H15N3O2. The predicted molar refractivity (Wildman–Crippen MR) is 60.0 cm³/mol. The molecule has 0 saturated heterocycles. The van der Waals surface area contributed by atoms with Gasteiger partial charge in [0.25, 0.3) is 0 Å². The van der Waals surface area contributed by atoms with Crippen LogP contribution in [0.25, 0.3) is 0 Å². The number of nitrogens with one attached hydrogen (secondary N) is 1. The largest absolute Gasteiger partial charge is 0.394 e. The lowest BCUT2D eigenvalue weighted by Crippen LogP contribution is -2.23. The molecule has 1 unspecified atom stereocenters. The Morgan fingerprint density at radius 2 is 2.25 bits per heavy atom. The fourth-order valence-electron chi connectivity index (χ4n) is 1.40. The van der Waals surface area contributed by atoms with E-state index in [4.69, 9.17) is 10.4 Å². The van der Waals surface area contributed by atoms with E-state index in [1.807, 2.05) is 6.92 Å². The molecule has 86 valence electrons. The predicted octanol–water partition coefficient (Wildman–Crippen LogP) is 0.335. The molecule has 0 aliphatic carbocycles. The van der Waals surface area contributed by atoms with Crippen LogP contribution < -0.4 is 5.32 Å². The van der Waals surface area contributed by atoms with Crippen molar-refractivity contribution in [2.75, 3.05) is 18.5 Å². The Balaban J connectivity index is 2.91. The zero-order chi connectivity index (χ0) is 12.1. The number of anilines is 1. The summed E-state index contributed by atoms with van der Waals surface area (Å²) in [7, 11) is 0. The number of aliphatic hydroxyl groups is 2. The Morgan fingerprint density at radius 1 is 1.56 bits per heavy atom. The molecule has 1 rings (SSSR count). The lowest BCUT2D eigenvalue weighted by molar-refractivity contribution is 0.105. The molecule has 3 N–H and O–H groups in total. The average Bonchev–Trinajstić information content (AvgIpc) is 2.25. The van der Waals surface area contributed by atoms with Crippen molar-refractivity contribution in [2.45, 2.75) is 20.0 Å². The first kappa shape index (κ1) is 12.4. The van der Waals surface area contributed by atoms with Crippen molar-refractivity contribution in [1.29, 1.82) is 5.26 Å². The Labute approximate surface area is 94.4 Å². The number of aryl methyl sites for hydroxylation is 2. The van der Waals surface area contributed by atoms with Gasteiger partial charge in [0.15, 0.2) is 0 Å². The third kappa shape index (κ3) is 2.92. The number of nitrogens with zero attached hydrogens (tertiary/aromatic N) is 2. The first-order valence-corrected chi connectivity index (χ1v) is 4.99. The summed E-state index contributed by atoms with van der Waals surface area (Å²) in [5.74, 6) is 0. The monoisotopic (exact) mass is 221 g/mol. The van der Waals surface area contributed by atoms with Gasteiger partial charge < -0.3 is 15.5 Å². The summed E-state index contributed by atoms with van der Waals surface area (Å²) in [6.45, 7) is 3.49. The molecule has 16 heavy (non-hydrogen) atoms. The van der Waals surface area contributed by atoms with Gasteiger partial charge >= 0.3 is 0 Å². The molecule has 0 fully saturated rings. The highest BCUT2D eigenvalue weighted by Gasteiger charge is 2.09. The zero-order valence-corrected chi connectivity index (χ0v) is 9.36. The van der Waals surface area contributed by atoms with Gasteiger partial charge in [0.2, 0.25) is 0 Å². The van der Waals surface area contributed by atoms with Crippen LogP contribution in [0.4, 0.5) is 5.69 Å². The van der Waals surface area contributed by atoms with E-state index < -0.39 is 6.10 Å². The normalized spacial score (nSPS) is 11.9. The molecule has 5 nitrogen and oxygen atoms in total. The molecule has 0 bridgehead atoms. The molecule has 0 aromatic carbocycles. The van der Waals surface area contributed by atoms with Crippen molar-refractivity contribution in [3.05, 3.63) is 23.0 Å². The molecular weight excluding hydrogens is 206 g/mol. The summed E-state index contributed by atoms with van der Waals surface area (Å²) < 4.78 is 0. The van der Waals surface area contributed by atoms with Crippen molar-refractivity contribution in [1.82, 2.24) is 4.98 Å². The fourth-order valence-corrected chi connectivity index (χ4v) is 1.40. The van der Waals surface area contributed by atoms with Gasteiger partial charge in [0, 0.05) is 12.2 Å². The number of hydrogen-bond donors (Lipinski definition) is 3. The smallest absolute Gasteiger partial charge is 0.103 e. The minimum Gasteiger partial charge on any atom is -0.394 e. The van der Waals surface area contributed by atoms with Gasteiger partial charge in [-0.25, -0.2) is 0 Å². The minimum atomic E-state index is -0.833. The molecule has 1 aromatic heterocycles. The van der Waals surface area contributed by atoms with Gasteiger partial charge in [-0.05, 0) is 19.9 Å². The number of aliphatic hydroxyl groups excluding tert-OH is 2. The summed E-state index contributed by atoms with van der Waals surface area (Å²) in [6, 6.07) is 3.81. The molecule has 0 saturated carbocycles. The minimum absolute atomic E-state index is 0.202. The third-order valence-corrected chi connectivity index (χ3v) is 2.18. The average molecular weight is 221 g/mol. The van der Waals surface area contributed by atoms with Gasteiger partial charge in [-0.15, -0.1) is 0 Å². The summed E-state index contributed by atoms with van der Waals surface area (Å²) in [6.07, 6.45) is -0.833. The van der Waals surface area contributed by atoms with Crippen LogP contribution in [0.15, 0.2) is 6.07 Å². The van der Waals surface area contributed by atoms with E-state index in [2.05, 4.69) is 16.4 Å². The van der Waals surface area contributed by atoms with Crippen molar-refractivity contribution < 1.29 is 10.2 Å². The molecule has 1 aromatic rings. The van der Waals surface area contributed by atoms with E-state index in [1.54, 1.807) is 13.0 Å². The van der Waals surface area contributed by atoms with Crippen LogP contribution in [0.5, 0.6) is 0 Å². The van der Waals surface area contributed by atoms with E-state index in [-0.39, 0.29) is 13.2 Å². The molecule has 5 heteroatoms. The van der Waals surface area contributed by atoms with Crippen LogP contribution in [-0.4, -0.2) is 34.5 Å². The quantitative estimate of drug-likeness (QED) is 0.682. The molecule has 1 atom stereocenters. The standard InChI is InChI=1S/C11H15N3O2/c1-7-3-11(13-5-9(16)6-15)10(4-12)8(2)14-7/h3,9,15-16H,5-6H2,1-2H3,(H,13,14). The van der Waals surface area contributed by atoms with Crippen LogP contribution in [0.1, 0.15) is 17.0 Å². The van der Waals surface area contributed by atoms with E-state index in [1.165, 1.54) is 0 Å². The van der Waals surface area contributed by atoms with E-state index in [0.29, 0.717) is 16.9 Å².